The first-order valence-corrected chi connectivity index (χ1v) is 13.9. The molecule has 0 saturated carbocycles. The van der Waals surface area contributed by atoms with Crippen molar-refractivity contribution in [1.29, 1.82) is 0 Å². The molecule has 9 nitrogen and oxygen atoms in total. The van der Waals surface area contributed by atoms with Crippen molar-refractivity contribution in [3.05, 3.63) is 64.7 Å². The molecule has 1 amide bonds. The number of carbonyl (C=O) groups is 1. The molecule has 1 aliphatic rings. The quantitative estimate of drug-likeness (QED) is 0.153. The molecule has 3 aromatic rings. The Morgan fingerprint density at radius 3 is 2.62 bits per heavy atom. The van der Waals surface area contributed by atoms with Crippen molar-refractivity contribution < 1.29 is 9.72 Å². The van der Waals surface area contributed by atoms with Gasteiger partial charge in [-0.05, 0) is 63.4 Å². The van der Waals surface area contributed by atoms with Gasteiger partial charge in [-0.15, -0.1) is 10.2 Å². The van der Waals surface area contributed by atoms with E-state index in [1.165, 1.54) is 37.9 Å². The van der Waals surface area contributed by atoms with E-state index in [0.29, 0.717) is 18.3 Å². The molecule has 196 valence electrons. The topological polar surface area (TPSA) is 106 Å². The average Bonchev–Trinajstić information content (AvgIpc) is 3.34. The summed E-state index contributed by atoms with van der Waals surface area (Å²) >= 11 is 1.55. The summed E-state index contributed by atoms with van der Waals surface area (Å²) in [5.41, 5.74) is 1.68. The van der Waals surface area contributed by atoms with Crippen LogP contribution in [-0.4, -0.2) is 61.9 Å². The molecular weight excluding hydrogens is 488 g/mol. The lowest BCUT2D eigenvalue weighted by Crippen LogP contribution is -2.39. The molecule has 1 aliphatic heterocycles. The predicted octanol–water partition coefficient (Wildman–Crippen LogP) is 5.10. The zero-order valence-electron chi connectivity index (χ0n) is 21.2. The molecule has 1 fully saturated rings. The Kier molecular flexibility index (Phi) is 9.67. The van der Waals surface area contributed by atoms with E-state index in [4.69, 9.17) is 0 Å². The molecule has 0 spiro atoms. The summed E-state index contributed by atoms with van der Waals surface area (Å²) in [5, 5.41) is 23.6. The third-order valence-corrected chi connectivity index (χ3v) is 7.66. The first-order valence-electron chi connectivity index (χ1n) is 12.9. The molecule has 0 aliphatic carbocycles. The fourth-order valence-corrected chi connectivity index (χ4v) is 5.47. The minimum Gasteiger partial charge on any atom is -0.356 e. The van der Waals surface area contributed by atoms with Crippen LogP contribution < -0.4 is 5.32 Å². The summed E-state index contributed by atoms with van der Waals surface area (Å²) in [7, 11) is 0. The molecule has 1 aromatic heterocycles. The standard InChI is InChI=1S/C27H34N6O3S/c1-21-9-5-6-18-31(21)19-8-17-28-25(34)12-7-20-37-27-30-29-26(32(27)23-10-3-2-4-11-23)22-13-15-24(16-14-22)33(35)36/h2-4,10-11,13-16,21H,5-9,12,17-20H2,1H3,(H,28,34). The zero-order chi connectivity index (χ0) is 26.0. The molecule has 1 unspecified atom stereocenters. The fourth-order valence-electron chi connectivity index (χ4n) is 4.58. The molecular formula is C27H34N6O3S. The number of nitrogens with zero attached hydrogens (tertiary/aromatic N) is 5. The van der Waals surface area contributed by atoms with Crippen LogP contribution in [0.3, 0.4) is 0 Å². The molecule has 1 atom stereocenters. The van der Waals surface area contributed by atoms with Gasteiger partial charge in [-0.25, -0.2) is 0 Å². The minimum absolute atomic E-state index is 0.0310. The van der Waals surface area contributed by atoms with E-state index in [1.54, 1.807) is 23.9 Å². The van der Waals surface area contributed by atoms with E-state index in [2.05, 4.69) is 27.3 Å². The number of carbonyl (C=O) groups excluding carboxylic acids is 1. The second-order valence-electron chi connectivity index (χ2n) is 9.32. The van der Waals surface area contributed by atoms with E-state index < -0.39 is 4.92 Å². The molecule has 2 aromatic carbocycles. The van der Waals surface area contributed by atoms with Crippen molar-refractivity contribution in [2.24, 2.45) is 0 Å². The van der Waals surface area contributed by atoms with Crippen molar-refractivity contribution in [2.75, 3.05) is 25.4 Å². The summed E-state index contributed by atoms with van der Waals surface area (Å²) in [6.45, 7) is 5.23. The first kappa shape index (κ1) is 26.8. The summed E-state index contributed by atoms with van der Waals surface area (Å²) < 4.78 is 1.95. The molecule has 0 radical (unpaired) electrons. The van der Waals surface area contributed by atoms with Crippen molar-refractivity contribution in [2.45, 2.75) is 56.6 Å². The minimum atomic E-state index is -0.418. The fraction of sp³-hybridized carbons (Fsp3) is 0.444. The van der Waals surface area contributed by atoms with E-state index >= 15 is 0 Å². The molecule has 4 rings (SSSR count). The third-order valence-electron chi connectivity index (χ3n) is 6.65. The number of aromatic nitrogens is 3. The van der Waals surface area contributed by atoms with Crippen LogP contribution in [0.1, 0.15) is 45.4 Å². The molecule has 0 bridgehead atoms. The number of hydrogen-bond acceptors (Lipinski definition) is 7. The summed E-state index contributed by atoms with van der Waals surface area (Å²) in [6, 6.07) is 16.7. The van der Waals surface area contributed by atoms with Gasteiger partial charge in [0.25, 0.3) is 5.69 Å². The lowest BCUT2D eigenvalue weighted by molar-refractivity contribution is -0.384. The van der Waals surface area contributed by atoms with Crippen LogP contribution in [-0.2, 0) is 4.79 Å². The Morgan fingerprint density at radius 2 is 1.89 bits per heavy atom. The molecule has 1 saturated heterocycles. The summed E-state index contributed by atoms with van der Waals surface area (Å²) in [5.74, 6) is 1.43. The number of thioether (sulfide) groups is 1. The van der Waals surface area contributed by atoms with Crippen molar-refractivity contribution in [1.82, 2.24) is 25.0 Å². The van der Waals surface area contributed by atoms with Gasteiger partial charge in [-0.1, -0.05) is 36.4 Å². The van der Waals surface area contributed by atoms with Gasteiger partial charge in [0.2, 0.25) is 5.91 Å². The number of non-ortho nitro benzene ring substituents is 1. The number of rotatable bonds is 12. The van der Waals surface area contributed by atoms with E-state index in [1.807, 2.05) is 34.9 Å². The van der Waals surface area contributed by atoms with Crippen LogP contribution in [0.25, 0.3) is 17.1 Å². The highest BCUT2D eigenvalue weighted by atomic mass is 32.2. The first-order chi connectivity index (χ1) is 18.0. The smallest absolute Gasteiger partial charge is 0.269 e. The van der Waals surface area contributed by atoms with E-state index in [-0.39, 0.29) is 11.6 Å². The Balaban J connectivity index is 1.29. The van der Waals surface area contributed by atoms with Gasteiger partial charge in [0.1, 0.15) is 0 Å². The lowest BCUT2D eigenvalue weighted by atomic mass is 10.0. The van der Waals surface area contributed by atoms with Crippen LogP contribution in [0, 0.1) is 10.1 Å². The highest BCUT2D eigenvalue weighted by Gasteiger charge is 2.18. The van der Waals surface area contributed by atoms with Crippen molar-refractivity contribution in [3.8, 4) is 17.1 Å². The van der Waals surface area contributed by atoms with E-state index in [0.717, 1.165) is 48.1 Å². The molecule has 1 N–H and O–H groups in total. The average molecular weight is 523 g/mol. The Hall–Kier alpha value is -3.24. The van der Waals surface area contributed by atoms with Crippen LogP contribution in [0.15, 0.2) is 59.8 Å². The largest absolute Gasteiger partial charge is 0.356 e. The SMILES string of the molecule is CC1CCCCN1CCCNC(=O)CCCSc1nnc(-c2ccc([N+](=O)[O-])cc2)n1-c1ccccc1. The maximum Gasteiger partial charge on any atom is 0.269 e. The summed E-state index contributed by atoms with van der Waals surface area (Å²) in [4.78, 5) is 25.4. The van der Waals surface area contributed by atoms with Gasteiger partial charge in [-0.3, -0.25) is 19.5 Å². The Bertz CT molecular complexity index is 1170. The second-order valence-corrected chi connectivity index (χ2v) is 10.4. The summed E-state index contributed by atoms with van der Waals surface area (Å²) in [6.07, 6.45) is 6.07. The van der Waals surface area contributed by atoms with Gasteiger partial charge < -0.3 is 10.2 Å². The lowest BCUT2D eigenvalue weighted by Gasteiger charge is -2.33. The second kappa shape index (κ2) is 13.3. The number of para-hydroxylation sites is 1. The van der Waals surface area contributed by atoms with Crippen molar-refractivity contribution >= 4 is 23.4 Å². The maximum atomic E-state index is 12.3. The third kappa shape index (κ3) is 7.39. The monoisotopic (exact) mass is 522 g/mol. The van der Waals surface area contributed by atoms with Gasteiger partial charge >= 0.3 is 0 Å². The number of nitro benzene ring substituents is 1. The van der Waals surface area contributed by atoms with Gasteiger partial charge in [0.15, 0.2) is 11.0 Å². The highest BCUT2D eigenvalue weighted by molar-refractivity contribution is 7.99. The Morgan fingerprint density at radius 1 is 1.11 bits per heavy atom. The number of amides is 1. The number of piperidine rings is 1. The number of nitro groups is 1. The zero-order valence-corrected chi connectivity index (χ0v) is 22.0. The molecule has 37 heavy (non-hydrogen) atoms. The van der Waals surface area contributed by atoms with Gasteiger partial charge in [0.05, 0.1) is 4.92 Å². The van der Waals surface area contributed by atoms with Crippen LogP contribution in [0.4, 0.5) is 5.69 Å². The number of hydrogen-bond donors (Lipinski definition) is 1. The van der Waals surface area contributed by atoms with Crippen LogP contribution >= 0.6 is 11.8 Å². The Labute approximate surface area is 221 Å². The van der Waals surface area contributed by atoms with Gasteiger partial charge in [0, 0.05) is 54.7 Å². The number of benzene rings is 2. The highest BCUT2D eigenvalue weighted by Crippen LogP contribution is 2.29. The van der Waals surface area contributed by atoms with Gasteiger partial charge in [-0.2, -0.15) is 0 Å². The maximum absolute atomic E-state index is 12.3. The predicted molar refractivity (Wildman–Crippen MR) is 146 cm³/mol. The normalized spacial score (nSPS) is 16.0. The number of likely N-dealkylation sites (tertiary alicyclic amines) is 1. The van der Waals surface area contributed by atoms with Crippen LogP contribution in [0.2, 0.25) is 0 Å². The van der Waals surface area contributed by atoms with Crippen molar-refractivity contribution in [3.63, 3.8) is 0 Å². The van der Waals surface area contributed by atoms with Crippen LogP contribution in [0.5, 0.6) is 0 Å². The number of nitrogens with one attached hydrogen (secondary N) is 1. The van der Waals surface area contributed by atoms with E-state index in [9.17, 15) is 14.9 Å². The molecule has 10 heteroatoms. The molecule has 2 heterocycles.